The molecule has 10 aromatic rings. The van der Waals surface area contributed by atoms with Gasteiger partial charge in [0.05, 0.1) is 16.8 Å². The number of rotatable bonds is 9. The summed E-state index contributed by atoms with van der Waals surface area (Å²) in [5, 5.41) is 2.70. The van der Waals surface area contributed by atoms with Gasteiger partial charge in [0.1, 0.15) is 0 Å². The Morgan fingerprint density at radius 1 is 0.348 bits per heavy atom. The third-order valence-electron chi connectivity index (χ3n) is 14.6. The smallest absolute Gasteiger partial charge is 0.0714 e. The first-order chi connectivity index (χ1) is 32.8. The summed E-state index contributed by atoms with van der Waals surface area (Å²) in [7, 11) is 0. The first kappa shape index (κ1) is 39.8. The van der Waals surface area contributed by atoms with E-state index in [2.05, 4.69) is 248 Å². The number of fused-ring (bicyclic) bond motifs is 4. The zero-order chi connectivity index (χ0) is 43.9. The van der Waals surface area contributed by atoms with Crippen molar-refractivity contribution in [2.45, 2.75) is 43.4 Å². The molecule has 1 nitrogen and oxygen atoms in total. The first-order valence-corrected chi connectivity index (χ1v) is 23.8. The SMILES string of the molecule is c1ccc(-c2ccc(-c3ccc(N(c4ccccc4-c4cccc5cccc(C6CCCCC6)c45)c4cccc5c4-c4ccccc4C5(c4ccccc4)c4ccccc4)cc3)cc2)cc1. The molecule has 2 aliphatic carbocycles. The van der Waals surface area contributed by atoms with E-state index in [1.807, 2.05) is 0 Å². The normalized spacial score (nSPS) is 14.1. The Hall–Kier alpha value is -7.74. The maximum Gasteiger partial charge on any atom is 0.0714 e. The minimum absolute atomic E-state index is 0.518. The van der Waals surface area contributed by atoms with Gasteiger partial charge in [-0.3, -0.25) is 0 Å². The zero-order valence-corrected chi connectivity index (χ0v) is 37.2. The Morgan fingerprint density at radius 3 is 1.50 bits per heavy atom. The van der Waals surface area contributed by atoms with E-state index in [4.69, 9.17) is 0 Å². The summed E-state index contributed by atoms with van der Waals surface area (Å²) >= 11 is 0. The minimum Gasteiger partial charge on any atom is -0.309 e. The second kappa shape index (κ2) is 17.0. The molecule has 0 N–H and O–H groups in total. The van der Waals surface area contributed by atoms with Crippen LogP contribution in [0.4, 0.5) is 17.1 Å². The Bertz CT molecular complexity index is 3260. The summed E-state index contributed by atoms with van der Waals surface area (Å²) in [5.74, 6) is 0.569. The van der Waals surface area contributed by atoms with Crippen molar-refractivity contribution in [2.24, 2.45) is 0 Å². The van der Waals surface area contributed by atoms with Gasteiger partial charge < -0.3 is 4.90 Å². The van der Waals surface area contributed by atoms with Crippen LogP contribution in [-0.2, 0) is 5.41 Å². The molecule has 0 atom stereocenters. The lowest BCUT2D eigenvalue weighted by Gasteiger charge is -2.34. The Balaban J connectivity index is 1.09. The highest BCUT2D eigenvalue weighted by Crippen LogP contribution is 2.60. The van der Waals surface area contributed by atoms with Crippen LogP contribution in [0.3, 0.4) is 0 Å². The highest BCUT2D eigenvalue weighted by molar-refractivity contribution is 6.05. The van der Waals surface area contributed by atoms with Gasteiger partial charge in [0.15, 0.2) is 0 Å². The summed E-state index contributed by atoms with van der Waals surface area (Å²) in [4.78, 5) is 2.56. The monoisotopic (exact) mass is 845 g/mol. The summed E-state index contributed by atoms with van der Waals surface area (Å²) in [6, 6.07) is 90.4. The van der Waals surface area contributed by atoms with E-state index < -0.39 is 5.41 Å². The van der Waals surface area contributed by atoms with E-state index in [1.165, 1.54) is 115 Å². The third kappa shape index (κ3) is 6.69. The second-order valence-electron chi connectivity index (χ2n) is 18.2. The summed E-state index contributed by atoms with van der Waals surface area (Å²) < 4.78 is 0. The molecule has 2 aliphatic rings. The van der Waals surface area contributed by atoms with Gasteiger partial charge in [-0.25, -0.2) is 0 Å². The van der Waals surface area contributed by atoms with E-state index in [0.29, 0.717) is 5.92 Å². The zero-order valence-electron chi connectivity index (χ0n) is 37.2. The molecule has 1 heteroatoms. The molecule has 1 fully saturated rings. The maximum atomic E-state index is 2.56. The van der Waals surface area contributed by atoms with Crippen molar-refractivity contribution >= 4 is 27.8 Å². The van der Waals surface area contributed by atoms with Crippen molar-refractivity contribution in [3.63, 3.8) is 0 Å². The van der Waals surface area contributed by atoms with Crippen molar-refractivity contribution in [3.05, 3.63) is 270 Å². The number of para-hydroxylation sites is 1. The summed E-state index contributed by atoms with van der Waals surface area (Å²) in [5.41, 5.74) is 19.4. The molecule has 0 aliphatic heterocycles. The fourth-order valence-corrected chi connectivity index (χ4v) is 11.6. The molecule has 0 heterocycles. The molecule has 10 aromatic carbocycles. The van der Waals surface area contributed by atoms with Gasteiger partial charge in [-0.1, -0.05) is 238 Å². The van der Waals surface area contributed by atoms with Crippen LogP contribution in [0.2, 0.25) is 0 Å². The molecule has 0 spiro atoms. The molecule has 0 bridgehead atoms. The molecular weight excluding hydrogens is 795 g/mol. The molecule has 0 unspecified atom stereocenters. The van der Waals surface area contributed by atoms with Crippen molar-refractivity contribution in [1.82, 2.24) is 0 Å². The van der Waals surface area contributed by atoms with Crippen LogP contribution in [0.1, 0.15) is 65.8 Å². The van der Waals surface area contributed by atoms with E-state index in [-0.39, 0.29) is 0 Å². The fraction of sp³-hybridized carbons (Fsp3) is 0.108. The highest BCUT2D eigenvalue weighted by Gasteiger charge is 2.47. The van der Waals surface area contributed by atoms with Crippen LogP contribution in [0.5, 0.6) is 0 Å². The summed E-state index contributed by atoms with van der Waals surface area (Å²) in [6.45, 7) is 0. The average molecular weight is 846 g/mol. The number of hydrogen-bond donors (Lipinski definition) is 0. The predicted molar refractivity (Wildman–Crippen MR) is 278 cm³/mol. The maximum absolute atomic E-state index is 2.56. The minimum atomic E-state index is -0.518. The molecule has 1 saturated carbocycles. The number of nitrogens with zero attached hydrogens (tertiary/aromatic N) is 1. The largest absolute Gasteiger partial charge is 0.309 e. The van der Waals surface area contributed by atoms with Gasteiger partial charge in [-0.05, 0) is 115 Å². The van der Waals surface area contributed by atoms with Gasteiger partial charge >= 0.3 is 0 Å². The van der Waals surface area contributed by atoms with Crippen molar-refractivity contribution < 1.29 is 0 Å². The fourth-order valence-electron chi connectivity index (χ4n) is 11.6. The molecule has 12 rings (SSSR count). The average Bonchev–Trinajstić information content (AvgIpc) is 3.71. The molecule has 0 radical (unpaired) electrons. The topological polar surface area (TPSA) is 3.24 Å². The molecule has 316 valence electrons. The second-order valence-corrected chi connectivity index (χ2v) is 18.2. The van der Waals surface area contributed by atoms with Crippen LogP contribution in [0, 0.1) is 0 Å². The number of hydrogen-bond acceptors (Lipinski definition) is 1. The van der Waals surface area contributed by atoms with E-state index in [9.17, 15) is 0 Å². The lowest BCUT2D eigenvalue weighted by atomic mass is 9.68. The van der Waals surface area contributed by atoms with E-state index >= 15 is 0 Å². The molecule has 0 saturated heterocycles. The van der Waals surface area contributed by atoms with Crippen LogP contribution >= 0.6 is 0 Å². The number of benzene rings is 10. The lowest BCUT2D eigenvalue weighted by molar-refractivity contribution is 0.445. The van der Waals surface area contributed by atoms with Crippen molar-refractivity contribution in [3.8, 4) is 44.5 Å². The summed E-state index contributed by atoms with van der Waals surface area (Å²) in [6.07, 6.45) is 6.44. The predicted octanol–water partition coefficient (Wildman–Crippen LogP) is 17.7. The van der Waals surface area contributed by atoms with Crippen LogP contribution < -0.4 is 4.90 Å². The molecule has 0 amide bonds. The third-order valence-corrected chi connectivity index (χ3v) is 14.6. The van der Waals surface area contributed by atoms with Crippen LogP contribution in [0.15, 0.2) is 243 Å². The quantitative estimate of drug-likeness (QED) is 0.140. The van der Waals surface area contributed by atoms with Crippen LogP contribution in [0.25, 0.3) is 55.3 Å². The van der Waals surface area contributed by atoms with E-state index in [0.717, 1.165) is 17.1 Å². The standard InChI is InChI=1S/C65H51N/c1-5-20-46(21-6-1)47-38-40-48(41-39-47)49-42-44-54(45-43-49)66(61-36-16-14-30-56(61)57-33-18-25-51-24-17-32-55(63(51)57)50-22-7-2-8-23-50)62-37-19-35-60-64(62)58-31-13-15-34-59(58)65(60,52-26-9-3-10-27-52)53-28-11-4-12-29-53/h1,3-6,9-21,24-45,50H,2,7-8,22-23H2. The lowest BCUT2D eigenvalue weighted by Crippen LogP contribution is -2.28. The Morgan fingerprint density at radius 2 is 0.833 bits per heavy atom. The highest BCUT2D eigenvalue weighted by atomic mass is 15.1. The molecule has 0 aromatic heterocycles. The van der Waals surface area contributed by atoms with Gasteiger partial charge in [-0.15, -0.1) is 0 Å². The molecular formula is C65H51N. The van der Waals surface area contributed by atoms with Crippen LogP contribution in [-0.4, -0.2) is 0 Å². The Kier molecular flexibility index (Phi) is 10.3. The molecule has 66 heavy (non-hydrogen) atoms. The van der Waals surface area contributed by atoms with Crippen molar-refractivity contribution in [1.29, 1.82) is 0 Å². The van der Waals surface area contributed by atoms with Gasteiger partial charge in [0, 0.05) is 16.8 Å². The number of anilines is 3. The first-order valence-electron chi connectivity index (χ1n) is 23.8. The van der Waals surface area contributed by atoms with E-state index in [1.54, 1.807) is 0 Å². The van der Waals surface area contributed by atoms with Gasteiger partial charge in [0.2, 0.25) is 0 Å². The van der Waals surface area contributed by atoms with Crippen molar-refractivity contribution in [2.75, 3.05) is 4.90 Å². The van der Waals surface area contributed by atoms with Gasteiger partial charge in [-0.2, -0.15) is 0 Å². The van der Waals surface area contributed by atoms with Gasteiger partial charge in [0.25, 0.3) is 0 Å². The Labute approximate surface area is 389 Å².